The van der Waals surface area contributed by atoms with E-state index in [0.29, 0.717) is 6.10 Å². The van der Waals surface area contributed by atoms with E-state index in [1.807, 2.05) is 11.8 Å². The second-order valence-corrected chi connectivity index (χ2v) is 5.15. The summed E-state index contributed by atoms with van der Waals surface area (Å²) in [4.78, 5) is 0. The van der Waals surface area contributed by atoms with Gasteiger partial charge in [-0.3, -0.25) is 5.32 Å². The van der Waals surface area contributed by atoms with Gasteiger partial charge in [-0.1, -0.05) is 13.3 Å². The highest BCUT2D eigenvalue weighted by Gasteiger charge is 2.39. The summed E-state index contributed by atoms with van der Waals surface area (Å²) in [5.41, 5.74) is 0.0583. The van der Waals surface area contributed by atoms with Gasteiger partial charge in [-0.25, -0.2) is 0 Å². The molecular weight excluding hydrogens is 182 g/mol. The molecular formula is C10H19NOS. The Balaban J connectivity index is 1.90. The van der Waals surface area contributed by atoms with Crippen LogP contribution in [0.5, 0.6) is 0 Å². The van der Waals surface area contributed by atoms with Crippen molar-refractivity contribution >= 4 is 11.8 Å². The number of nitrogens with one attached hydrogen (secondary N) is 1. The van der Waals surface area contributed by atoms with E-state index in [9.17, 15) is 0 Å². The van der Waals surface area contributed by atoms with Crippen LogP contribution in [0.2, 0.25) is 0 Å². The van der Waals surface area contributed by atoms with Crippen molar-refractivity contribution in [3.05, 3.63) is 0 Å². The molecule has 0 bridgehead atoms. The lowest BCUT2D eigenvalue weighted by Crippen LogP contribution is -2.54. The van der Waals surface area contributed by atoms with Crippen LogP contribution in [0.15, 0.2) is 0 Å². The lowest BCUT2D eigenvalue weighted by Gasteiger charge is -2.39. The fraction of sp³-hybridized carbons (Fsp3) is 1.00. The van der Waals surface area contributed by atoms with Crippen molar-refractivity contribution in [2.45, 2.75) is 44.4 Å². The van der Waals surface area contributed by atoms with Gasteiger partial charge in [0.2, 0.25) is 0 Å². The normalized spacial score (nSPS) is 39.9. The number of ether oxygens (including phenoxy) is 1. The summed E-state index contributed by atoms with van der Waals surface area (Å²) in [6.07, 6.45) is 5.38. The first-order valence-electron chi connectivity index (χ1n) is 5.35. The Morgan fingerprint density at radius 3 is 3.23 bits per heavy atom. The van der Waals surface area contributed by atoms with E-state index < -0.39 is 0 Å². The van der Waals surface area contributed by atoms with E-state index in [4.69, 9.17) is 4.74 Å². The summed E-state index contributed by atoms with van der Waals surface area (Å²) >= 11 is 2.01. The number of hydrogen-bond acceptors (Lipinski definition) is 3. The Kier molecular flexibility index (Phi) is 3.17. The predicted octanol–water partition coefficient (Wildman–Crippen LogP) is 2.00. The van der Waals surface area contributed by atoms with E-state index in [2.05, 4.69) is 12.2 Å². The molecule has 0 aromatic carbocycles. The van der Waals surface area contributed by atoms with Gasteiger partial charge in [0, 0.05) is 12.3 Å². The highest BCUT2D eigenvalue weighted by Crippen LogP contribution is 2.33. The molecule has 1 N–H and O–H groups in total. The molecule has 2 saturated heterocycles. The van der Waals surface area contributed by atoms with Gasteiger partial charge in [0.15, 0.2) is 0 Å². The van der Waals surface area contributed by atoms with Crippen LogP contribution < -0.4 is 5.32 Å². The van der Waals surface area contributed by atoms with Crippen LogP contribution in [-0.2, 0) is 4.74 Å². The third-order valence-electron chi connectivity index (χ3n) is 2.90. The van der Waals surface area contributed by atoms with E-state index in [1.165, 1.54) is 31.4 Å². The lowest BCUT2D eigenvalue weighted by atomic mass is 10.1. The summed E-state index contributed by atoms with van der Waals surface area (Å²) < 4.78 is 6.14. The van der Waals surface area contributed by atoms with Gasteiger partial charge >= 0.3 is 0 Å². The first-order chi connectivity index (χ1) is 6.35. The van der Waals surface area contributed by atoms with Crippen molar-refractivity contribution in [3.63, 3.8) is 0 Å². The third kappa shape index (κ3) is 2.20. The SMILES string of the molecule is CCCC1CCNC2(CCSC2)O1. The Morgan fingerprint density at radius 2 is 2.54 bits per heavy atom. The Bertz CT molecular complexity index is 166. The zero-order chi connectivity index (χ0) is 9.15. The summed E-state index contributed by atoms with van der Waals surface area (Å²) in [7, 11) is 0. The van der Waals surface area contributed by atoms with E-state index in [1.54, 1.807) is 0 Å². The van der Waals surface area contributed by atoms with Crippen molar-refractivity contribution in [1.82, 2.24) is 5.32 Å². The van der Waals surface area contributed by atoms with Gasteiger partial charge in [0.05, 0.1) is 6.10 Å². The largest absolute Gasteiger partial charge is 0.356 e. The molecule has 2 fully saturated rings. The van der Waals surface area contributed by atoms with E-state index >= 15 is 0 Å². The maximum Gasteiger partial charge on any atom is 0.129 e. The third-order valence-corrected chi connectivity index (χ3v) is 4.07. The van der Waals surface area contributed by atoms with Crippen LogP contribution in [-0.4, -0.2) is 29.9 Å². The molecule has 2 atom stereocenters. The molecule has 0 amide bonds. The zero-order valence-electron chi connectivity index (χ0n) is 8.34. The smallest absolute Gasteiger partial charge is 0.129 e. The highest BCUT2D eigenvalue weighted by molar-refractivity contribution is 7.99. The molecule has 1 spiro atoms. The first kappa shape index (κ1) is 9.81. The molecule has 0 aromatic heterocycles. The quantitative estimate of drug-likeness (QED) is 0.738. The van der Waals surface area contributed by atoms with Crippen LogP contribution in [0.4, 0.5) is 0 Å². The van der Waals surface area contributed by atoms with Gasteiger partial charge in [0.1, 0.15) is 5.72 Å². The Labute approximate surface area is 84.8 Å². The maximum absolute atomic E-state index is 6.14. The molecule has 2 heterocycles. The molecule has 0 aliphatic carbocycles. The molecule has 13 heavy (non-hydrogen) atoms. The van der Waals surface area contributed by atoms with Crippen molar-refractivity contribution in [2.75, 3.05) is 18.1 Å². The van der Waals surface area contributed by atoms with Crippen LogP contribution in [0.3, 0.4) is 0 Å². The Morgan fingerprint density at radius 1 is 1.62 bits per heavy atom. The van der Waals surface area contributed by atoms with Crippen LogP contribution in [0, 0.1) is 0 Å². The Hall–Kier alpha value is 0.270. The second kappa shape index (κ2) is 4.20. The molecule has 3 heteroatoms. The number of hydrogen-bond donors (Lipinski definition) is 1. The number of thioether (sulfide) groups is 1. The fourth-order valence-corrected chi connectivity index (χ4v) is 3.45. The predicted molar refractivity (Wildman–Crippen MR) is 57.1 cm³/mol. The summed E-state index contributed by atoms with van der Waals surface area (Å²) in [6.45, 7) is 3.38. The molecule has 2 nitrogen and oxygen atoms in total. The molecule has 0 radical (unpaired) electrons. The van der Waals surface area contributed by atoms with Crippen molar-refractivity contribution in [3.8, 4) is 0 Å². The van der Waals surface area contributed by atoms with Crippen LogP contribution in [0.1, 0.15) is 32.6 Å². The standard InChI is InChI=1S/C10H19NOS/c1-2-3-9-4-6-11-10(12-9)5-7-13-8-10/h9,11H,2-8H2,1H3. The lowest BCUT2D eigenvalue weighted by molar-refractivity contribution is -0.128. The van der Waals surface area contributed by atoms with Crippen molar-refractivity contribution in [1.29, 1.82) is 0 Å². The van der Waals surface area contributed by atoms with Crippen LogP contribution in [0.25, 0.3) is 0 Å². The van der Waals surface area contributed by atoms with Crippen molar-refractivity contribution < 1.29 is 4.74 Å². The second-order valence-electron chi connectivity index (χ2n) is 4.04. The van der Waals surface area contributed by atoms with Gasteiger partial charge in [-0.15, -0.1) is 0 Å². The average molecular weight is 201 g/mol. The minimum atomic E-state index is 0.0583. The van der Waals surface area contributed by atoms with Gasteiger partial charge in [-0.2, -0.15) is 11.8 Å². The molecule has 0 aromatic rings. The van der Waals surface area contributed by atoms with Crippen LogP contribution >= 0.6 is 11.8 Å². The van der Waals surface area contributed by atoms with E-state index in [0.717, 1.165) is 12.3 Å². The first-order valence-corrected chi connectivity index (χ1v) is 6.51. The van der Waals surface area contributed by atoms with E-state index in [-0.39, 0.29) is 5.72 Å². The molecule has 0 saturated carbocycles. The summed E-state index contributed by atoms with van der Waals surface area (Å²) in [6, 6.07) is 0. The minimum Gasteiger partial charge on any atom is -0.356 e. The fourth-order valence-electron chi connectivity index (χ4n) is 2.18. The molecule has 2 rings (SSSR count). The van der Waals surface area contributed by atoms with Crippen molar-refractivity contribution in [2.24, 2.45) is 0 Å². The maximum atomic E-state index is 6.14. The highest BCUT2D eigenvalue weighted by atomic mass is 32.2. The molecule has 2 unspecified atom stereocenters. The van der Waals surface area contributed by atoms with Gasteiger partial charge in [-0.05, 0) is 25.0 Å². The number of rotatable bonds is 2. The molecule has 2 aliphatic heterocycles. The minimum absolute atomic E-state index is 0.0583. The zero-order valence-corrected chi connectivity index (χ0v) is 9.16. The summed E-state index contributed by atoms with van der Waals surface area (Å²) in [5, 5.41) is 3.54. The topological polar surface area (TPSA) is 21.3 Å². The molecule has 76 valence electrons. The van der Waals surface area contributed by atoms with Gasteiger partial charge < -0.3 is 4.74 Å². The average Bonchev–Trinajstić information content (AvgIpc) is 2.54. The van der Waals surface area contributed by atoms with Gasteiger partial charge in [0.25, 0.3) is 0 Å². The monoisotopic (exact) mass is 201 g/mol. The molecule has 2 aliphatic rings. The summed E-state index contributed by atoms with van der Waals surface area (Å²) in [5.74, 6) is 2.40.